The minimum absolute atomic E-state index is 0.287. The van der Waals surface area contributed by atoms with Crippen LogP contribution in [0.15, 0.2) is 91.0 Å². The number of hydrogen-bond donors (Lipinski definition) is 1. The number of hydrogen-bond acceptors (Lipinski definition) is 3. The molecule has 4 aromatic carbocycles. The van der Waals surface area contributed by atoms with E-state index < -0.39 is 5.97 Å². The zero-order valence-corrected chi connectivity index (χ0v) is 18.7. The second-order valence-electron chi connectivity index (χ2n) is 8.93. The molecule has 0 aliphatic carbocycles. The van der Waals surface area contributed by atoms with E-state index in [0.29, 0.717) is 0 Å². The molecule has 0 spiro atoms. The first-order chi connectivity index (χ1) is 16.7. The Bertz CT molecular complexity index is 1530. The van der Waals surface area contributed by atoms with Crippen LogP contribution in [0.3, 0.4) is 0 Å². The number of aromatic carboxylic acids is 1. The van der Waals surface area contributed by atoms with Gasteiger partial charge in [-0.25, -0.2) is 9.78 Å². The zero-order chi connectivity index (χ0) is 23.1. The molecule has 0 saturated carbocycles. The van der Waals surface area contributed by atoms with Crippen molar-refractivity contribution in [3.05, 3.63) is 113 Å². The number of carboxylic acids is 1. The molecule has 0 radical (unpaired) electrons. The number of aromatic nitrogens is 1. The number of benzene rings is 4. The van der Waals surface area contributed by atoms with Crippen molar-refractivity contribution in [2.24, 2.45) is 0 Å². The molecule has 6 rings (SSSR count). The summed E-state index contributed by atoms with van der Waals surface area (Å²) in [6, 6.07) is 30.4. The Balaban J connectivity index is 1.53. The Morgan fingerprint density at radius 1 is 0.853 bits per heavy atom. The quantitative estimate of drug-likeness (QED) is 0.330. The highest BCUT2D eigenvalue weighted by molar-refractivity contribution is 6.09. The lowest BCUT2D eigenvalue weighted by Crippen LogP contribution is -2.31. The molecule has 4 heteroatoms. The van der Waals surface area contributed by atoms with Gasteiger partial charge in [-0.3, -0.25) is 4.90 Å². The van der Waals surface area contributed by atoms with Gasteiger partial charge in [-0.2, -0.15) is 0 Å². The summed E-state index contributed by atoms with van der Waals surface area (Å²) in [7, 11) is 0. The number of carboxylic acid groups (broad SMARTS) is 1. The molecule has 1 aliphatic rings. The number of carbonyl (C=O) groups is 1. The van der Waals surface area contributed by atoms with Crippen LogP contribution in [0.1, 0.15) is 27.0 Å². The second-order valence-corrected chi connectivity index (χ2v) is 8.93. The van der Waals surface area contributed by atoms with E-state index in [4.69, 9.17) is 4.98 Å². The fourth-order valence-electron chi connectivity index (χ4n) is 5.16. The summed E-state index contributed by atoms with van der Waals surface area (Å²) in [5.74, 6) is -0.916. The molecule has 0 atom stereocenters. The third-order valence-electron chi connectivity index (χ3n) is 6.81. The van der Waals surface area contributed by atoms with Crippen molar-refractivity contribution in [3.63, 3.8) is 0 Å². The van der Waals surface area contributed by atoms with Crippen molar-refractivity contribution in [2.45, 2.75) is 19.5 Å². The lowest BCUT2D eigenvalue weighted by atomic mass is 9.89. The first-order valence-electron chi connectivity index (χ1n) is 11.6. The summed E-state index contributed by atoms with van der Waals surface area (Å²) >= 11 is 0. The van der Waals surface area contributed by atoms with E-state index >= 15 is 0 Å². The summed E-state index contributed by atoms with van der Waals surface area (Å²) < 4.78 is 0. The monoisotopic (exact) mass is 444 g/mol. The average molecular weight is 445 g/mol. The maximum absolute atomic E-state index is 11.4. The molecule has 4 nitrogen and oxygen atoms in total. The van der Waals surface area contributed by atoms with Gasteiger partial charge < -0.3 is 5.11 Å². The minimum Gasteiger partial charge on any atom is -0.478 e. The zero-order valence-electron chi connectivity index (χ0n) is 18.7. The van der Waals surface area contributed by atoms with Crippen LogP contribution in [0.2, 0.25) is 0 Å². The third-order valence-corrected chi connectivity index (χ3v) is 6.81. The van der Waals surface area contributed by atoms with Gasteiger partial charge in [-0.1, -0.05) is 72.8 Å². The van der Waals surface area contributed by atoms with Crippen LogP contribution in [-0.4, -0.2) is 27.5 Å². The lowest BCUT2D eigenvalue weighted by Gasteiger charge is -2.31. The maximum atomic E-state index is 11.4. The fourth-order valence-corrected chi connectivity index (χ4v) is 5.16. The Morgan fingerprint density at radius 2 is 1.62 bits per heavy atom. The molecule has 0 unspecified atom stereocenters. The number of pyridine rings is 1. The van der Waals surface area contributed by atoms with E-state index in [1.807, 2.05) is 12.1 Å². The van der Waals surface area contributed by atoms with Crippen LogP contribution < -0.4 is 0 Å². The molecule has 0 saturated heterocycles. The molecule has 0 fully saturated rings. The summed E-state index contributed by atoms with van der Waals surface area (Å²) in [4.78, 5) is 19.0. The predicted octanol–water partition coefficient (Wildman–Crippen LogP) is 6.31. The Hall–Kier alpha value is -4.02. The normalized spacial score (nSPS) is 13.8. The van der Waals surface area contributed by atoms with Crippen molar-refractivity contribution in [3.8, 4) is 11.3 Å². The lowest BCUT2D eigenvalue weighted by molar-refractivity contribution is 0.0697. The first kappa shape index (κ1) is 20.6. The topological polar surface area (TPSA) is 53.4 Å². The van der Waals surface area contributed by atoms with Crippen LogP contribution in [0.4, 0.5) is 0 Å². The van der Waals surface area contributed by atoms with E-state index in [-0.39, 0.29) is 5.56 Å². The summed E-state index contributed by atoms with van der Waals surface area (Å²) in [6.07, 6.45) is 0.954. The van der Waals surface area contributed by atoms with Gasteiger partial charge in [0.2, 0.25) is 0 Å². The average Bonchev–Trinajstić information content (AvgIpc) is 2.88. The van der Waals surface area contributed by atoms with E-state index in [9.17, 15) is 9.90 Å². The molecule has 2 heterocycles. The molecule has 0 bridgehead atoms. The highest BCUT2D eigenvalue weighted by Gasteiger charge is 2.24. The van der Waals surface area contributed by atoms with E-state index in [0.717, 1.165) is 42.8 Å². The number of rotatable bonds is 4. The van der Waals surface area contributed by atoms with Crippen LogP contribution in [0.25, 0.3) is 32.9 Å². The SMILES string of the molecule is O=C(O)c1ccc(-c2nc3ccc4ccccc4c3c3c2CN(Cc2ccccc2)CC3)cc1. The summed E-state index contributed by atoms with van der Waals surface area (Å²) in [5, 5.41) is 13.1. The van der Waals surface area contributed by atoms with E-state index in [1.54, 1.807) is 12.1 Å². The number of nitrogens with zero attached hydrogens (tertiary/aromatic N) is 2. The molecule has 0 amide bonds. The van der Waals surface area contributed by atoms with Crippen molar-refractivity contribution in [1.82, 2.24) is 9.88 Å². The first-order valence-corrected chi connectivity index (χ1v) is 11.6. The van der Waals surface area contributed by atoms with Gasteiger partial charge in [-0.05, 0) is 52.1 Å². The number of fused-ring (bicyclic) bond motifs is 5. The van der Waals surface area contributed by atoms with Crippen molar-refractivity contribution in [1.29, 1.82) is 0 Å². The van der Waals surface area contributed by atoms with Crippen LogP contribution in [-0.2, 0) is 19.5 Å². The van der Waals surface area contributed by atoms with Gasteiger partial charge in [0, 0.05) is 30.6 Å². The van der Waals surface area contributed by atoms with Gasteiger partial charge in [-0.15, -0.1) is 0 Å². The smallest absolute Gasteiger partial charge is 0.335 e. The highest BCUT2D eigenvalue weighted by Crippen LogP contribution is 2.37. The molecular formula is C30H24N2O2. The van der Waals surface area contributed by atoms with Crippen LogP contribution in [0, 0.1) is 0 Å². The highest BCUT2D eigenvalue weighted by atomic mass is 16.4. The van der Waals surface area contributed by atoms with Gasteiger partial charge in [0.1, 0.15) is 0 Å². The molecule has 5 aromatic rings. The Kier molecular flexibility index (Phi) is 5.08. The van der Waals surface area contributed by atoms with Crippen molar-refractivity contribution in [2.75, 3.05) is 6.54 Å². The maximum Gasteiger partial charge on any atom is 0.335 e. The van der Waals surface area contributed by atoms with E-state index in [1.165, 1.54) is 32.8 Å². The standard InChI is InChI=1S/C30H24N2O2/c33-30(34)23-12-10-22(11-13-23)29-26-19-32(18-20-6-2-1-3-7-20)17-16-25(26)28-24-9-5-4-8-21(24)14-15-27(28)31-29/h1-15H,16-19H2,(H,33,34). The minimum atomic E-state index is -0.916. The van der Waals surface area contributed by atoms with Gasteiger partial charge >= 0.3 is 5.97 Å². The third kappa shape index (κ3) is 3.62. The summed E-state index contributed by atoms with van der Waals surface area (Å²) in [6.45, 7) is 2.69. The van der Waals surface area contributed by atoms with Gasteiger partial charge in [0.15, 0.2) is 0 Å². The van der Waals surface area contributed by atoms with E-state index in [2.05, 4.69) is 71.6 Å². The summed E-state index contributed by atoms with van der Waals surface area (Å²) in [5.41, 5.74) is 7.10. The Labute approximate surface area is 198 Å². The van der Waals surface area contributed by atoms with Gasteiger partial charge in [0.05, 0.1) is 16.8 Å². The largest absolute Gasteiger partial charge is 0.478 e. The fraction of sp³-hybridized carbons (Fsp3) is 0.133. The second kappa shape index (κ2) is 8.40. The van der Waals surface area contributed by atoms with Crippen LogP contribution >= 0.6 is 0 Å². The molecule has 34 heavy (non-hydrogen) atoms. The van der Waals surface area contributed by atoms with Gasteiger partial charge in [0.25, 0.3) is 0 Å². The van der Waals surface area contributed by atoms with Crippen molar-refractivity contribution < 1.29 is 9.90 Å². The molecule has 1 aliphatic heterocycles. The molecule has 1 aromatic heterocycles. The Morgan fingerprint density at radius 3 is 2.41 bits per heavy atom. The molecular weight excluding hydrogens is 420 g/mol. The van der Waals surface area contributed by atoms with Crippen LogP contribution in [0.5, 0.6) is 0 Å². The predicted molar refractivity (Wildman–Crippen MR) is 136 cm³/mol. The molecule has 166 valence electrons. The molecule has 1 N–H and O–H groups in total. The van der Waals surface area contributed by atoms with Crippen molar-refractivity contribution >= 4 is 27.6 Å².